The van der Waals surface area contributed by atoms with Gasteiger partial charge in [-0.25, -0.2) is 10.2 Å². The number of hydrogen-bond donors (Lipinski definition) is 2. The zero-order valence-electron chi connectivity index (χ0n) is 22.7. The van der Waals surface area contributed by atoms with E-state index in [1.54, 1.807) is 48.5 Å². The van der Waals surface area contributed by atoms with E-state index in [0.717, 1.165) is 0 Å². The molecule has 0 atom stereocenters. The Balaban J connectivity index is 1.69. The van der Waals surface area contributed by atoms with Crippen LogP contribution in [-0.2, 0) is 4.79 Å². The first kappa shape index (κ1) is 28.7. The molecule has 0 saturated heterocycles. The van der Waals surface area contributed by atoms with Crippen molar-refractivity contribution in [3.63, 3.8) is 0 Å². The van der Waals surface area contributed by atoms with Gasteiger partial charge in [0.15, 0.2) is 11.5 Å². The van der Waals surface area contributed by atoms with Crippen molar-refractivity contribution in [2.24, 2.45) is 10.5 Å². The van der Waals surface area contributed by atoms with Crippen molar-refractivity contribution in [3.05, 3.63) is 77.4 Å². The Hall–Kier alpha value is -4.86. The average molecular weight is 534 g/mol. The normalized spacial score (nSPS) is 11.0. The van der Waals surface area contributed by atoms with Crippen molar-refractivity contribution in [2.45, 2.75) is 20.8 Å². The van der Waals surface area contributed by atoms with E-state index < -0.39 is 17.3 Å². The minimum atomic E-state index is -0.655. The molecule has 0 radical (unpaired) electrons. The minimum absolute atomic E-state index is 0.131. The number of nitrogens with zero attached hydrogens (tertiary/aromatic N) is 1. The number of ether oxygens (including phenoxy) is 4. The molecule has 0 unspecified atom stereocenters. The van der Waals surface area contributed by atoms with Gasteiger partial charge in [0, 0.05) is 22.2 Å². The van der Waals surface area contributed by atoms with E-state index in [2.05, 4.69) is 15.8 Å². The third kappa shape index (κ3) is 7.35. The van der Waals surface area contributed by atoms with Gasteiger partial charge >= 0.3 is 5.97 Å². The highest BCUT2D eigenvalue weighted by molar-refractivity contribution is 5.98. The summed E-state index contributed by atoms with van der Waals surface area (Å²) < 4.78 is 21.5. The highest BCUT2D eigenvalue weighted by Gasteiger charge is 2.21. The molecule has 0 aromatic heterocycles. The number of amides is 2. The summed E-state index contributed by atoms with van der Waals surface area (Å²) in [5.74, 6) is -0.0344. The zero-order valence-corrected chi connectivity index (χ0v) is 22.7. The van der Waals surface area contributed by atoms with Crippen molar-refractivity contribution < 1.29 is 33.3 Å². The molecule has 204 valence electrons. The quantitative estimate of drug-likeness (QED) is 0.177. The molecule has 0 aliphatic carbocycles. The number of para-hydroxylation sites is 1. The number of rotatable bonds is 9. The van der Waals surface area contributed by atoms with Gasteiger partial charge in [-0.1, -0.05) is 32.9 Å². The molecular weight excluding hydrogens is 502 g/mol. The first-order chi connectivity index (χ1) is 18.6. The predicted octanol–water partition coefficient (Wildman–Crippen LogP) is 4.68. The summed E-state index contributed by atoms with van der Waals surface area (Å²) in [7, 11) is 4.37. The van der Waals surface area contributed by atoms with E-state index in [4.69, 9.17) is 18.9 Å². The van der Waals surface area contributed by atoms with Crippen LogP contribution in [0.3, 0.4) is 0 Å². The van der Waals surface area contributed by atoms with Crippen LogP contribution in [0.25, 0.3) is 0 Å². The number of carbonyl (C=O) groups is 3. The highest BCUT2D eigenvalue weighted by atomic mass is 16.5. The molecule has 10 nitrogen and oxygen atoms in total. The number of carbonyl (C=O) groups excluding carboxylic acids is 3. The average Bonchev–Trinajstić information content (AvgIpc) is 2.92. The molecule has 0 aliphatic rings. The molecule has 0 aliphatic heterocycles. The lowest BCUT2D eigenvalue weighted by atomic mass is 9.95. The van der Waals surface area contributed by atoms with E-state index in [1.165, 1.54) is 39.7 Å². The Bertz CT molecular complexity index is 1350. The minimum Gasteiger partial charge on any atom is -0.493 e. The van der Waals surface area contributed by atoms with E-state index in [9.17, 15) is 14.4 Å². The summed E-state index contributed by atoms with van der Waals surface area (Å²) in [6.07, 6.45) is 1.37. The number of anilines is 1. The summed E-state index contributed by atoms with van der Waals surface area (Å²) in [6, 6.07) is 16.1. The maximum Gasteiger partial charge on any atom is 0.343 e. The number of esters is 1. The Morgan fingerprint density at radius 3 is 1.97 bits per heavy atom. The van der Waals surface area contributed by atoms with E-state index in [1.807, 2.05) is 20.8 Å². The summed E-state index contributed by atoms with van der Waals surface area (Å²) in [5.41, 5.74) is 3.48. The predicted molar refractivity (Wildman–Crippen MR) is 147 cm³/mol. The molecular formula is C29H31N3O7. The lowest BCUT2D eigenvalue weighted by Gasteiger charge is -2.17. The summed E-state index contributed by atoms with van der Waals surface area (Å²) >= 11 is 0. The summed E-state index contributed by atoms with van der Waals surface area (Å²) in [6.45, 7) is 5.44. The monoisotopic (exact) mass is 533 g/mol. The van der Waals surface area contributed by atoms with Crippen LogP contribution in [-0.4, -0.2) is 45.3 Å². The van der Waals surface area contributed by atoms with Crippen LogP contribution in [0.15, 0.2) is 65.8 Å². The van der Waals surface area contributed by atoms with Crippen molar-refractivity contribution in [2.75, 3.05) is 26.6 Å². The van der Waals surface area contributed by atoms with E-state index in [-0.39, 0.29) is 17.2 Å². The lowest BCUT2D eigenvalue weighted by Crippen LogP contribution is -2.27. The molecule has 0 spiro atoms. The van der Waals surface area contributed by atoms with Crippen LogP contribution < -0.4 is 29.7 Å². The second kappa shape index (κ2) is 12.6. The van der Waals surface area contributed by atoms with Gasteiger partial charge in [-0.2, -0.15) is 5.10 Å². The number of methoxy groups -OCH3 is 3. The Labute approximate surface area is 226 Å². The first-order valence-corrected chi connectivity index (χ1v) is 11.9. The van der Waals surface area contributed by atoms with Crippen LogP contribution in [0, 0.1) is 5.41 Å². The van der Waals surface area contributed by atoms with Crippen LogP contribution in [0.4, 0.5) is 5.69 Å². The van der Waals surface area contributed by atoms with Gasteiger partial charge in [0.1, 0.15) is 5.75 Å². The van der Waals surface area contributed by atoms with Crippen molar-refractivity contribution in [3.8, 4) is 23.0 Å². The molecule has 2 amide bonds. The van der Waals surface area contributed by atoms with Gasteiger partial charge in [-0.05, 0) is 48.5 Å². The maximum atomic E-state index is 12.9. The first-order valence-electron chi connectivity index (χ1n) is 11.9. The fourth-order valence-electron chi connectivity index (χ4n) is 3.29. The van der Waals surface area contributed by atoms with Crippen molar-refractivity contribution in [1.29, 1.82) is 0 Å². The van der Waals surface area contributed by atoms with Gasteiger partial charge in [0.25, 0.3) is 5.91 Å². The van der Waals surface area contributed by atoms with E-state index in [0.29, 0.717) is 34.1 Å². The Morgan fingerprint density at radius 1 is 0.795 bits per heavy atom. The second-order valence-electron chi connectivity index (χ2n) is 9.32. The summed E-state index contributed by atoms with van der Waals surface area (Å²) in [5, 5.41) is 6.80. The molecule has 0 fully saturated rings. The topological polar surface area (TPSA) is 125 Å². The lowest BCUT2D eigenvalue weighted by molar-refractivity contribution is -0.123. The zero-order chi connectivity index (χ0) is 28.6. The fourth-order valence-corrected chi connectivity index (χ4v) is 3.29. The third-order valence-electron chi connectivity index (χ3n) is 5.48. The SMILES string of the molecule is COc1cc(C(=O)Oc2ccccc2/C=N/NC(=O)c2ccc(NC(=O)C(C)(C)C)cc2)cc(OC)c1OC. The van der Waals surface area contributed by atoms with Gasteiger partial charge in [-0.15, -0.1) is 0 Å². The number of hydrogen-bond acceptors (Lipinski definition) is 8. The Morgan fingerprint density at radius 2 is 1.41 bits per heavy atom. The Kier molecular flexibility index (Phi) is 9.27. The molecule has 39 heavy (non-hydrogen) atoms. The molecule has 10 heteroatoms. The highest BCUT2D eigenvalue weighted by Crippen LogP contribution is 2.38. The third-order valence-corrected chi connectivity index (χ3v) is 5.48. The molecule has 0 saturated carbocycles. The molecule has 3 aromatic rings. The fraction of sp³-hybridized carbons (Fsp3) is 0.241. The van der Waals surface area contributed by atoms with Crippen LogP contribution in [0.1, 0.15) is 47.1 Å². The summed E-state index contributed by atoms with van der Waals surface area (Å²) in [4.78, 5) is 37.6. The van der Waals surface area contributed by atoms with Gasteiger partial charge < -0.3 is 24.3 Å². The standard InChI is InChI=1S/C29H31N3O7/c1-29(2,3)28(35)31-21-13-11-18(12-14-21)26(33)32-30-17-19-9-7-8-10-22(19)39-27(34)20-15-23(36-4)25(38-6)24(16-20)37-5/h7-17H,1-6H3,(H,31,35)(H,32,33)/b30-17+. The van der Waals surface area contributed by atoms with Gasteiger partial charge in [0.05, 0.1) is 33.1 Å². The van der Waals surface area contributed by atoms with Crippen LogP contribution in [0.2, 0.25) is 0 Å². The van der Waals surface area contributed by atoms with Gasteiger partial charge in [0.2, 0.25) is 11.7 Å². The van der Waals surface area contributed by atoms with Gasteiger partial charge in [-0.3, -0.25) is 9.59 Å². The van der Waals surface area contributed by atoms with E-state index >= 15 is 0 Å². The molecule has 0 heterocycles. The van der Waals surface area contributed by atoms with Crippen molar-refractivity contribution >= 4 is 29.7 Å². The second-order valence-corrected chi connectivity index (χ2v) is 9.32. The number of benzene rings is 3. The smallest absolute Gasteiger partial charge is 0.343 e. The van der Waals surface area contributed by atoms with Crippen molar-refractivity contribution in [1.82, 2.24) is 5.43 Å². The molecule has 3 aromatic carbocycles. The van der Waals surface area contributed by atoms with Crippen LogP contribution >= 0.6 is 0 Å². The number of hydrazone groups is 1. The maximum absolute atomic E-state index is 12.9. The molecule has 2 N–H and O–H groups in total. The molecule has 0 bridgehead atoms. The largest absolute Gasteiger partial charge is 0.493 e. The number of nitrogens with one attached hydrogen (secondary N) is 2. The molecule has 3 rings (SSSR count). The van der Waals surface area contributed by atoms with Crippen LogP contribution in [0.5, 0.6) is 23.0 Å².